The van der Waals surface area contributed by atoms with Crippen LogP contribution in [0.4, 0.5) is 0 Å². The van der Waals surface area contributed by atoms with E-state index in [1.165, 1.54) is 4.68 Å². The van der Waals surface area contributed by atoms with E-state index in [0.29, 0.717) is 30.9 Å². The van der Waals surface area contributed by atoms with Crippen LogP contribution in [0.15, 0.2) is 53.6 Å². The van der Waals surface area contributed by atoms with Crippen LogP contribution in [0.2, 0.25) is 0 Å². The van der Waals surface area contributed by atoms with Crippen molar-refractivity contribution in [1.82, 2.24) is 35.1 Å². The highest BCUT2D eigenvalue weighted by Gasteiger charge is 2.27. The van der Waals surface area contributed by atoms with Gasteiger partial charge in [-0.2, -0.15) is 0 Å². The van der Waals surface area contributed by atoms with Crippen LogP contribution < -0.4 is 5.56 Å². The predicted octanol–water partition coefficient (Wildman–Crippen LogP) is 2.93. The molecular formula is C25H29N7O3. The van der Waals surface area contributed by atoms with Crippen LogP contribution >= 0.6 is 0 Å². The number of esters is 1. The maximum atomic E-state index is 13.0. The molecule has 0 aliphatic rings. The summed E-state index contributed by atoms with van der Waals surface area (Å²) in [5.74, 6) is 0.133. The van der Waals surface area contributed by atoms with E-state index in [2.05, 4.69) is 36.5 Å². The van der Waals surface area contributed by atoms with Crippen molar-refractivity contribution >= 4 is 16.9 Å². The third-order valence-electron chi connectivity index (χ3n) is 5.83. The third-order valence-corrected chi connectivity index (χ3v) is 5.83. The first-order chi connectivity index (χ1) is 17.0. The molecule has 0 radical (unpaired) electrons. The number of aryl methyl sites for hydroxylation is 1. The summed E-state index contributed by atoms with van der Waals surface area (Å²) in [5, 5.41) is 13.0. The lowest BCUT2D eigenvalue weighted by atomic mass is 10.1. The van der Waals surface area contributed by atoms with Crippen molar-refractivity contribution in [1.29, 1.82) is 0 Å². The van der Waals surface area contributed by atoms with Gasteiger partial charge in [-0.25, -0.2) is 4.68 Å². The average Bonchev–Trinajstić information content (AvgIpc) is 3.28. The number of carbonyl (C=O) groups is 1. The highest BCUT2D eigenvalue weighted by Crippen LogP contribution is 2.26. The Morgan fingerprint density at radius 2 is 2.06 bits per heavy atom. The molecule has 1 atom stereocenters. The van der Waals surface area contributed by atoms with Crippen LogP contribution in [-0.4, -0.2) is 47.7 Å². The van der Waals surface area contributed by atoms with Gasteiger partial charge in [0.25, 0.3) is 5.56 Å². The number of benzene rings is 1. The molecule has 0 spiro atoms. The predicted molar refractivity (Wildman–Crippen MR) is 130 cm³/mol. The van der Waals surface area contributed by atoms with E-state index in [-0.39, 0.29) is 24.8 Å². The second kappa shape index (κ2) is 11.0. The Labute approximate surface area is 202 Å². The van der Waals surface area contributed by atoms with E-state index in [1.54, 1.807) is 19.3 Å². The second-order valence-corrected chi connectivity index (χ2v) is 8.40. The molecule has 182 valence electrons. The summed E-state index contributed by atoms with van der Waals surface area (Å²) in [4.78, 5) is 34.5. The fourth-order valence-corrected chi connectivity index (χ4v) is 4.21. The molecule has 0 saturated carbocycles. The molecule has 4 rings (SSSR count). The number of hydrogen-bond donors (Lipinski definition) is 1. The van der Waals surface area contributed by atoms with Crippen molar-refractivity contribution < 1.29 is 9.53 Å². The smallest absolute Gasteiger partial charge is 0.327 e. The highest BCUT2D eigenvalue weighted by atomic mass is 16.5. The molecule has 1 N–H and O–H groups in total. The second-order valence-electron chi connectivity index (χ2n) is 8.40. The van der Waals surface area contributed by atoms with Gasteiger partial charge in [-0.3, -0.25) is 19.5 Å². The summed E-state index contributed by atoms with van der Waals surface area (Å²) in [6, 6.07) is 11.5. The fourth-order valence-electron chi connectivity index (χ4n) is 4.21. The van der Waals surface area contributed by atoms with Gasteiger partial charge in [0, 0.05) is 36.6 Å². The molecule has 35 heavy (non-hydrogen) atoms. The summed E-state index contributed by atoms with van der Waals surface area (Å²) in [5.41, 5.74) is 3.40. The lowest BCUT2D eigenvalue weighted by Crippen LogP contribution is -2.33. The number of aromatic nitrogens is 6. The number of nitrogens with zero attached hydrogens (tertiary/aromatic N) is 6. The van der Waals surface area contributed by atoms with Crippen molar-refractivity contribution in [3.8, 4) is 0 Å². The Balaban J connectivity index is 1.71. The van der Waals surface area contributed by atoms with E-state index in [0.717, 1.165) is 22.0 Å². The molecule has 0 amide bonds. The molecule has 0 saturated heterocycles. The molecule has 1 aromatic carbocycles. The van der Waals surface area contributed by atoms with Gasteiger partial charge in [-0.1, -0.05) is 24.6 Å². The Bertz CT molecular complexity index is 1350. The van der Waals surface area contributed by atoms with E-state index in [4.69, 9.17) is 4.74 Å². The summed E-state index contributed by atoms with van der Waals surface area (Å²) < 4.78 is 6.55. The Hall–Kier alpha value is -3.92. The summed E-state index contributed by atoms with van der Waals surface area (Å²) in [6.45, 7) is 6.88. The molecule has 0 unspecified atom stereocenters. The molecule has 0 aliphatic carbocycles. The molecule has 4 aromatic rings. The van der Waals surface area contributed by atoms with Crippen molar-refractivity contribution in [2.45, 2.75) is 52.9 Å². The zero-order valence-corrected chi connectivity index (χ0v) is 20.1. The fraction of sp³-hybridized carbons (Fsp3) is 0.360. The van der Waals surface area contributed by atoms with Crippen molar-refractivity contribution in [3.05, 3.63) is 81.7 Å². The van der Waals surface area contributed by atoms with Crippen LogP contribution in [-0.2, 0) is 29.2 Å². The first-order valence-electron chi connectivity index (χ1n) is 11.7. The van der Waals surface area contributed by atoms with Crippen LogP contribution in [0, 0.1) is 6.92 Å². The lowest BCUT2D eigenvalue weighted by molar-refractivity contribution is -0.144. The van der Waals surface area contributed by atoms with Crippen LogP contribution in [0.3, 0.4) is 0 Å². The third kappa shape index (κ3) is 5.78. The zero-order valence-electron chi connectivity index (χ0n) is 20.1. The number of pyridine rings is 2. The first-order valence-corrected chi connectivity index (χ1v) is 11.7. The Morgan fingerprint density at radius 1 is 1.20 bits per heavy atom. The molecular weight excluding hydrogens is 446 g/mol. The number of fused-ring (bicyclic) bond motifs is 1. The quantitative estimate of drug-likeness (QED) is 0.348. The van der Waals surface area contributed by atoms with Gasteiger partial charge >= 0.3 is 5.97 Å². The summed E-state index contributed by atoms with van der Waals surface area (Å²) >= 11 is 0. The Kier molecular flexibility index (Phi) is 7.61. The monoisotopic (exact) mass is 475 g/mol. The molecule has 3 aromatic heterocycles. The molecule has 0 fully saturated rings. The maximum absolute atomic E-state index is 13.0. The lowest BCUT2D eigenvalue weighted by Gasteiger charge is -2.30. The number of rotatable bonds is 10. The molecule has 10 heteroatoms. The molecule has 3 heterocycles. The van der Waals surface area contributed by atoms with Gasteiger partial charge < -0.3 is 9.72 Å². The van der Waals surface area contributed by atoms with E-state index >= 15 is 0 Å². The first kappa shape index (κ1) is 24.2. The number of nitrogens with one attached hydrogen (secondary N) is 1. The standard InChI is InChI=1S/C25H29N7O3/c1-4-22(24-28-29-30-32(24)16-23(33)35-5-2)31(14-18-7-6-10-26-13-18)15-20-12-19-11-17(3)8-9-21(19)27-25(20)34/h6-13,22H,4-5,14-16H2,1-3H3,(H,27,34)/t22-/m0/s1. The van der Waals surface area contributed by atoms with Gasteiger partial charge in [0.2, 0.25) is 0 Å². The van der Waals surface area contributed by atoms with Crippen LogP contribution in [0.1, 0.15) is 48.8 Å². The number of ether oxygens (including phenoxy) is 1. The Morgan fingerprint density at radius 3 is 2.80 bits per heavy atom. The van der Waals surface area contributed by atoms with Crippen molar-refractivity contribution in [2.75, 3.05) is 6.61 Å². The summed E-state index contributed by atoms with van der Waals surface area (Å²) in [6.07, 6.45) is 4.19. The van der Waals surface area contributed by atoms with Crippen molar-refractivity contribution in [3.63, 3.8) is 0 Å². The average molecular weight is 476 g/mol. The number of aromatic amines is 1. The largest absolute Gasteiger partial charge is 0.465 e. The number of hydrogen-bond acceptors (Lipinski definition) is 8. The number of tetrazole rings is 1. The van der Waals surface area contributed by atoms with E-state index in [9.17, 15) is 9.59 Å². The van der Waals surface area contributed by atoms with Gasteiger partial charge in [-0.15, -0.1) is 5.10 Å². The van der Waals surface area contributed by atoms with Gasteiger partial charge in [0.15, 0.2) is 5.82 Å². The van der Waals surface area contributed by atoms with E-state index in [1.807, 2.05) is 44.2 Å². The van der Waals surface area contributed by atoms with Crippen molar-refractivity contribution in [2.24, 2.45) is 0 Å². The minimum absolute atomic E-state index is 0.0801. The summed E-state index contributed by atoms with van der Waals surface area (Å²) in [7, 11) is 0. The molecule has 0 aliphatic heterocycles. The van der Waals surface area contributed by atoms with Gasteiger partial charge in [0.05, 0.1) is 12.6 Å². The number of carbonyl (C=O) groups excluding carboxylic acids is 1. The van der Waals surface area contributed by atoms with E-state index < -0.39 is 5.97 Å². The normalized spacial score (nSPS) is 12.2. The zero-order chi connectivity index (χ0) is 24.8. The van der Waals surface area contributed by atoms with Gasteiger partial charge in [-0.05, 0) is 65.9 Å². The molecule has 10 nitrogen and oxygen atoms in total. The van der Waals surface area contributed by atoms with Gasteiger partial charge in [0.1, 0.15) is 6.54 Å². The maximum Gasteiger partial charge on any atom is 0.327 e. The topological polar surface area (TPSA) is 119 Å². The number of H-pyrrole nitrogens is 1. The minimum Gasteiger partial charge on any atom is -0.465 e. The van der Waals surface area contributed by atoms with Crippen LogP contribution in [0.5, 0.6) is 0 Å². The minimum atomic E-state index is -0.406. The van der Waals surface area contributed by atoms with Crippen LogP contribution in [0.25, 0.3) is 10.9 Å². The SMILES string of the molecule is CCOC(=O)Cn1nnnc1[C@H](CC)N(Cc1cccnc1)Cc1cc2cc(C)ccc2[nH]c1=O. The highest BCUT2D eigenvalue weighted by molar-refractivity contribution is 5.79. The molecule has 0 bridgehead atoms.